The Morgan fingerprint density at radius 1 is 1.05 bits per heavy atom. The molecule has 20 heavy (non-hydrogen) atoms. The van der Waals surface area contributed by atoms with Gasteiger partial charge in [0.2, 0.25) is 0 Å². The van der Waals surface area contributed by atoms with Crippen molar-refractivity contribution in [3.05, 3.63) is 59.7 Å². The van der Waals surface area contributed by atoms with Crippen LogP contribution in [-0.2, 0) is 13.0 Å². The van der Waals surface area contributed by atoms with Crippen LogP contribution in [-0.4, -0.2) is 6.61 Å². The van der Waals surface area contributed by atoms with Crippen molar-refractivity contribution in [1.82, 2.24) is 0 Å². The summed E-state index contributed by atoms with van der Waals surface area (Å²) in [6.07, 6.45) is 1.04. The Balaban J connectivity index is 1.95. The predicted octanol–water partition coefficient (Wildman–Crippen LogP) is 3.76. The molecule has 0 fully saturated rings. The minimum absolute atomic E-state index is 0.0800. The Morgan fingerprint density at radius 2 is 1.75 bits per heavy atom. The van der Waals surface area contributed by atoms with Crippen LogP contribution in [0.5, 0.6) is 5.75 Å². The van der Waals surface area contributed by atoms with Gasteiger partial charge in [-0.3, -0.25) is 0 Å². The highest BCUT2D eigenvalue weighted by atomic mass is 16.5. The van der Waals surface area contributed by atoms with E-state index in [1.54, 1.807) is 0 Å². The van der Waals surface area contributed by atoms with Gasteiger partial charge in [-0.1, -0.05) is 31.2 Å². The fourth-order valence-corrected chi connectivity index (χ4v) is 2.06. The van der Waals surface area contributed by atoms with Gasteiger partial charge in [0.1, 0.15) is 11.8 Å². The topological polar surface area (TPSA) is 45.0 Å². The first-order valence-electron chi connectivity index (χ1n) is 6.74. The van der Waals surface area contributed by atoms with Crippen LogP contribution in [0.15, 0.2) is 48.5 Å². The maximum Gasteiger partial charge on any atom is 0.174 e. The summed E-state index contributed by atoms with van der Waals surface area (Å²) in [5.74, 6) is 0.714. The van der Waals surface area contributed by atoms with Crippen LogP contribution in [0.25, 0.3) is 0 Å². The molecule has 0 unspecified atom stereocenters. The molecule has 0 aliphatic carbocycles. The molecule has 3 heteroatoms. The lowest BCUT2D eigenvalue weighted by molar-refractivity contribution is 0.368. The number of aryl methyl sites for hydroxylation is 1. The van der Waals surface area contributed by atoms with Gasteiger partial charge in [0.25, 0.3) is 0 Å². The third-order valence-electron chi connectivity index (χ3n) is 3.14. The molecule has 0 atom stereocenters. The molecule has 0 aliphatic rings. The van der Waals surface area contributed by atoms with Gasteiger partial charge < -0.3 is 10.1 Å². The number of rotatable bonds is 6. The van der Waals surface area contributed by atoms with E-state index in [9.17, 15) is 0 Å². The van der Waals surface area contributed by atoms with E-state index >= 15 is 0 Å². The van der Waals surface area contributed by atoms with Gasteiger partial charge in [-0.25, -0.2) is 0 Å². The lowest BCUT2D eigenvalue weighted by Gasteiger charge is -2.10. The fraction of sp³-hybridized carbons (Fsp3) is 0.235. The van der Waals surface area contributed by atoms with Crippen LogP contribution < -0.4 is 10.1 Å². The van der Waals surface area contributed by atoms with Crippen LogP contribution >= 0.6 is 0 Å². The van der Waals surface area contributed by atoms with E-state index in [0.717, 1.165) is 18.7 Å². The van der Waals surface area contributed by atoms with Crippen molar-refractivity contribution in [2.75, 3.05) is 11.9 Å². The molecule has 102 valence electrons. The standard InChI is InChI=1S/C17H18N2O/c1-2-14-5-3-4-6-15(14)13-19-16-7-9-17(10-8-16)20-12-11-18/h3-10,19H,2,12-13H2,1H3. The van der Waals surface area contributed by atoms with E-state index in [1.165, 1.54) is 11.1 Å². The first-order valence-corrected chi connectivity index (χ1v) is 6.74. The molecule has 3 nitrogen and oxygen atoms in total. The number of benzene rings is 2. The Bertz CT molecular complexity index is 585. The molecule has 1 N–H and O–H groups in total. The maximum atomic E-state index is 8.45. The second-order valence-corrected chi connectivity index (χ2v) is 4.45. The summed E-state index contributed by atoms with van der Waals surface area (Å²) in [4.78, 5) is 0. The molecule has 2 aromatic rings. The van der Waals surface area contributed by atoms with Crippen molar-refractivity contribution in [2.45, 2.75) is 19.9 Å². The van der Waals surface area contributed by atoms with E-state index in [0.29, 0.717) is 5.75 Å². The number of nitrogens with one attached hydrogen (secondary N) is 1. The molecular formula is C17H18N2O. The Morgan fingerprint density at radius 3 is 2.40 bits per heavy atom. The SMILES string of the molecule is CCc1ccccc1CNc1ccc(OCC#N)cc1. The summed E-state index contributed by atoms with van der Waals surface area (Å²) < 4.78 is 5.22. The van der Waals surface area contributed by atoms with Crippen molar-refractivity contribution in [2.24, 2.45) is 0 Å². The van der Waals surface area contributed by atoms with E-state index in [4.69, 9.17) is 10.00 Å². The van der Waals surface area contributed by atoms with Crippen LogP contribution in [0.2, 0.25) is 0 Å². The number of nitriles is 1. The van der Waals surface area contributed by atoms with E-state index < -0.39 is 0 Å². The lowest BCUT2D eigenvalue weighted by Crippen LogP contribution is -2.02. The third-order valence-corrected chi connectivity index (χ3v) is 3.14. The summed E-state index contributed by atoms with van der Waals surface area (Å²) in [6.45, 7) is 3.05. The first-order chi connectivity index (χ1) is 9.83. The van der Waals surface area contributed by atoms with Crippen LogP contribution in [0, 0.1) is 11.3 Å². The molecule has 0 amide bonds. The minimum atomic E-state index is 0.0800. The third kappa shape index (κ3) is 3.76. The molecule has 0 saturated heterocycles. The van der Waals surface area contributed by atoms with Crippen LogP contribution in [0.4, 0.5) is 5.69 Å². The normalized spacial score (nSPS) is 9.80. The minimum Gasteiger partial charge on any atom is -0.479 e. The number of nitrogens with zero attached hydrogens (tertiary/aromatic N) is 1. The molecule has 2 aromatic carbocycles. The molecule has 0 spiro atoms. The molecule has 0 radical (unpaired) electrons. The highest BCUT2D eigenvalue weighted by molar-refractivity contribution is 5.47. The highest BCUT2D eigenvalue weighted by Crippen LogP contribution is 2.17. The predicted molar refractivity (Wildman–Crippen MR) is 80.7 cm³/mol. The summed E-state index contributed by atoms with van der Waals surface area (Å²) in [7, 11) is 0. The van der Waals surface area contributed by atoms with Crippen molar-refractivity contribution in [3.8, 4) is 11.8 Å². The van der Waals surface area contributed by atoms with E-state index in [1.807, 2.05) is 30.3 Å². The van der Waals surface area contributed by atoms with Crippen molar-refractivity contribution < 1.29 is 4.74 Å². The fourth-order valence-electron chi connectivity index (χ4n) is 2.06. The summed E-state index contributed by atoms with van der Waals surface area (Å²) in [6, 6.07) is 18.1. The van der Waals surface area contributed by atoms with Crippen LogP contribution in [0.3, 0.4) is 0 Å². The second kappa shape index (κ2) is 7.20. The van der Waals surface area contributed by atoms with Crippen molar-refractivity contribution >= 4 is 5.69 Å². The van der Waals surface area contributed by atoms with Gasteiger partial charge in [0, 0.05) is 12.2 Å². The van der Waals surface area contributed by atoms with Gasteiger partial charge in [-0.15, -0.1) is 0 Å². The molecule has 0 aliphatic heterocycles. The number of hydrogen-bond donors (Lipinski definition) is 1. The zero-order valence-corrected chi connectivity index (χ0v) is 11.6. The highest BCUT2D eigenvalue weighted by Gasteiger charge is 2.00. The monoisotopic (exact) mass is 266 g/mol. The Labute approximate surface area is 119 Å². The van der Waals surface area contributed by atoms with Gasteiger partial charge in [-0.2, -0.15) is 5.26 Å². The van der Waals surface area contributed by atoms with Gasteiger partial charge in [-0.05, 0) is 41.8 Å². The zero-order valence-electron chi connectivity index (χ0n) is 11.6. The summed E-state index contributed by atoms with van der Waals surface area (Å²) >= 11 is 0. The molecule has 0 heterocycles. The molecule has 0 saturated carbocycles. The van der Waals surface area contributed by atoms with Crippen LogP contribution in [0.1, 0.15) is 18.1 Å². The van der Waals surface area contributed by atoms with Gasteiger partial charge >= 0.3 is 0 Å². The quantitative estimate of drug-likeness (QED) is 0.865. The zero-order chi connectivity index (χ0) is 14.2. The largest absolute Gasteiger partial charge is 0.479 e. The Kier molecular flexibility index (Phi) is 5.02. The number of anilines is 1. The van der Waals surface area contributed by atoms with Gasteiger partial charge in [0.15, 0.2) is 6.61 Å². The number of ether oxygens (including phenoxy) is 1. The average molecular weight is 266 g/mol. The number of hydrogen-bond acceptors (Lipinski definition) is 3. The first kappa shape index (κ1) is 14.0. The van der Waals surface area contributed by atoms with E-state index in [-0.39, 0.29) is 6.61 Å². The molecular weight excluding hydrogens is 248 g/mol. The summed E-state index contributed by atoms with van der Waals surface area (Å²) in [5, 5.41) is 11.9. The molecule has 0 aromatic heterocycles. The lowest BCUT2D eigenvalue weighted by atomic mass is 10.1. The second-order valence-electron chi connectivity index (χ2n) is 4.45. The Hall–Kier alpha value is -2.47. The molecule has 2 rings (SSSR count). The average Bonchev–Trinajstić information content (AvgIpc) is 2.52. The summed E-state index contributed by atoms with van der Waals surface area (Å²) in [5.41, 5.74) is 3.73. The van der Waals surface area contributed by atoms with E-state index in [2.05, 4.69) is 36.5 Å². The smallest absolute Gasteiger partial charge is 0.174 e. The van der Waals surface area contributed by atoms with Crippen molar-refractivity contribution in [1.29, 1.82) is 5.26 Å². The van der Waals surface area contributed by atoms with Gasteiger partial charge in [0.05, 0.1) is 0 Å². The maximum absolute atomic E-state index is 8.45. The molecule has 0 bridgehead atoms. The van der Waals surface area contributed by atoms with Crippen molar-refractivity contribution in [3.63, 3.8) is 0 Å².